The average molecular weight is 249 g/mol. The summed E-state index contributed by atoms with van der Waals surface area (Å²) in [5.74, 6) is 1.03. The molecule has 0 radical (unpaired) electrons. The van der Waals surface area contributed by atoms with Crippen molar-refractivity contribution in [1.29, 1.82) is 0 Å². The second-order valence-electron chi connectivity index (χ2n) is 4.79. The van der Waals surface area contributed by atoms with Gasteiger partial charge in [-0.1, -0.05) is 19.9 Å². The largest absolute Gasteiger partial charge is 0.392 e. The molecule has 1 N–H and O–H groups in total. The zero-order valence-electron chi connectivity index (χ0n) is 11.3. The zero-order chi connectivity index (χ0) is 13.0. The highest BCUT2D eigenvalue weighted by atomic mass is 16.3. The first kappa shape index (κ1) is 13.3. The van der Waals surface area contributed by atoms with E-state index in [2.05, 4.69) is 28.6 Å². The molecule has 1 aliphatic rings. The van der Waals surface area contributed by atoms with Gasteiger partial charge in [0.2, 0.25) is 0 Å². The van der Waals surface area contributed by atoms with Gasteiger partial charge in [-0.05, 0) is 31.1 Å². The summed E-state index contributed by atoms with van der Waals surface area (Å²) in [5.41, 5.74) is 0.873. The number of aromatic nitrogens is 1. The summed E-state index contributed by atoms with van der Waals surface area (Å²) in [7, 11) is 0. The predicted molar refractivity (Wildman–Crippen MR) is 73.7 cm³/mol. The highest BCUT2D eigenvalue weighted by molar-refractivity contribution is 5.40. The molecule has 0 amide bonds. The number of pyridine rings is 1. The first-order valence-corrected chi connectivity index (χ1v) is 6.83. The van der Waals surface area contributed by atoms with Crippen LogP contribution in [0.25, 0.3) is 0 Å². The summed E-state index contributed by atoms with van der Waals surface area (Å²) in [4.78, 5) is 9.28. The second kappa shape index (κ2) is 6.16. The van der Waals surface area contributed by atoms with Gasteiger partial charge in [0, 0.05) is 25.3 Å². The van der Waals surface area contributed by atoms with Crippen LogP contribution in [0.3, 0.4) is 0 Å². The van der Waals surface area contributed by atoms with Crippen LogP contribution in [0.5, 0.6) is 0 Å². The molecule has 0 spiro atoms. The van der Waals surface area contributed by atoms with Gasteiger partial charge in [0.05, 0.1) is 6.61 Å². The van der Waals surface area contributed by atoms with Gasteiger partial charge in [-0.25, -0.2) is 4.98 Å². The first-order chi connectivity index (χ1) is 8.78. The lowest BCUT2D eigenvalue weighted by molar-refractivity contribution is 0.232. The molecular formula is C14H23N3O. The van der Waals surface area contributed by atoms with Crippen LogP contribution in [0.1, 0.15) is 25.8 Å². The molecule has 0 bridgehead atoms. The van der Waals surface area contributed by atoms with Crippen LogP contribution in [0.15, 0.2) is 18.3 Å². The van der Waals surface area contributed by atoms with E-state index in [1.807, 2.05) is 12.1 Å². The molecule has 2 heterocycles. The molecule has 1 fully saturated rings. The van der Waals surface area contributed by atoms with Crippen LogP contribution in [-0.4, -0.2) is 47.2 Å². The van der Waals surface area contributed by atoms with E-state index in [4.69, 9.17) is 5.11 Å². The maximum absolute atomic E-state index is 9.01. The lowest BCUT2D eigenvalue weighted by Crippen LogP contribution is -2.37. The fourth-order valence-electron chi connectivity index (χ4n) is 2.69. The van der Waals surface area contributed by atoms with E-state index in [-0.39, 0.29) is 6.61 Å². The van der Waals surface area contributed by atoms with E-state index in [9.17, 15) is 0 Å². The quantitative estimate of drug-likeness (QED) is 0.858. The van der Waals surface area contributed by atoms with Gasteiger partial charge >= 0.3 is 0 Å². The van der Waals surface area contributed by atoms with E-state index in [0.29, 0.717) is 6.04 Å². The SMILES string of the molecule is CCN(CC)C1CCN(c2ccc(CO)cn2)C1. The number of nitrogens with zero attached hydrogens (tertiary/aromatic N) is 3. The summed E-state index contributed by atoms with van der Waals surface area (Å²) in [5, 5.41) is 9.01. The number of aliphatic hydroxyl groups is 1. The molecule has 1 aromatic heterocycles. The summed E-state index contributed by atoms with van der Waals surface area (Å²) in [6.07, 6.45) is 2.98. The van der Waals surface area contributed by atoms with Crippen molar-refractivity contribution in [1.82, 2.24) is 9.88 Å². The molecule has 0 aromatic carbocycles. The fraction of sp³-hybridized carbons (Fsp3) is 0.643. The van der Waals surface area contributed by atoms with Gasteiger partial charge in [-0.2, -0.15) is 0 Å². The Bertz CT molecular complexity index is 362. The van der Waals surface area contributed by atoms with Gasteiger partial charge in [0.15, 0.2) is 0 Å². The third-order valence-electron chi connectivity index (χ3n) is 3.81. The van der Waals surface area contributed by atoms with E-state index in [0.717, 1.165) is 37.6 Å². The highest BCUT2D eigenvalue weighted by Gasteiger charge is 2.26. The van der Waals surface area contributed by atoms with Crippen molar-refractivity contribution < 1.29 is 5.11 Å². The Balaban J connectivity index is 1.99. The van der Waals surface area contributed by atoms with E-state index < -0.39 is 0 Å². The third kappa shape index (κ3) is 2.82. The minimum Gasteiger partial charge on any atom is -0.392 e. The number of rotatable bonds is 5. The molecule has 1 aliphatic heterocycles. The molecule has 4 nitrogen and oxygen atoms in total. The maximum Gasteiger partial charge on any atom is 0.128 e. The molecule has 4 heteroatoms. The molecule has 0 saturated carbocycles. The van der Waals surface area contributed by atoms with Gasteiger partial charge in [0.25, 0.3) is 0 Å². The predicted octanol–water partition coefficient (Wildman–Crippen LogP) is 1.49. The number of anilines is 1. The number of hydrogen-bond acceptors (Lipinski definition) is 4. The van der Waals surface area contributed by atoms with E-state index in [1.54, 1.807) is 6.20 Å². The average Bonchev–Trinajstić information content (AvgIpc) is 2.90. The highest BCUT2D eigenvalue weighted by Crippen LogP contribution is 2.21. The smallest absolute Gasteiger partial charge is 0.128 e. The molecule has 1 atom stereocenters. The Kier molecular flexibility index (Phi) is 4.55. The summed E-state index contributed by atoms with van der Waals surface area (Å²) >= 11 is 0. The van der Waals surface area contributed by atoms with Crippen molar-refractivity contribution in [2.45, 2.75) is 32.9 Å². The van der Waals surface area contributed by atoms with Crippen LogP contribution in [0.4, 0.5) is 5.82 Å². The second-order valence-corrected chi connectivity index (χ2v) is 4.79. The molecule has 0 aliphatic carbocycles. The van der Waals surface area contributed by atoms with Gasteiger partial charge < -0.3 is 10.0 Å². The normalized spacial score (nSPS) is 19.8. The van der Waals surface area contributed by atoms with E-state index in [1.165, 1.54) is 6.42 Å². The summed E-state index contributed by atoms with van der Waals surface area (Å²) in [6, 6.07) is 4.61. The monoisotopic (exact) mass is 249 g/mol. The van der Waals surface area contributed by atoms with Crippen LogP contribution < -0.4 is 4.90 Å². The van der Waals surface area contributed by atoms with Crippen molar-refractivity contribution in [3.05, 3.63) is 23.9 Å². The molecule has 1 unspecified atom stereocenters. The van der Waals surface area contributed by atoms with Crippen LogP contribution in [0.2, 0.25) is 0 Å². The Morgan fingerprint density at radius 3 is 2.72 bits per heavy atom. The Morgan fingerprint density at radius 2 is 2.17 bits per heavy atom. The van der Waals surface area contributed by atoms with Gasteiger partial charge in [-0.3, -0.25) is 4.90 Å². The minimum atomic E-state index is 0.0648. The fourth-order valence-corrected chi connectivity index (χ4v) is 2.69. The summed E-state index contributed by atoms with van der Waals surface area (Å²) < 4.78 is 0. The number of aliphatic hydroxyl groups excluding tert-OH is 1. The minimum absolute atomic E-state index is 0.0648. The maximum atomic E-state index is 9.01. The summed E-state index contributed by atoms with van der Waals surface area (Å²) in [6.45, 7) is 8.88. The van der Waals surface area contributed by atoms with Crippen molar-refractivity contribution in [2.24, 2.45) is 0 Å². The molecule has 18 heavy (non-hydrogen) atoms. The topological polar surface area (TPSA) is 39.6 Å². The van der Waals surface area contributed by atoms with E-state index >= 15 is 0 Å². The van der Waals surface area contributed by atoms with Crippen LogP contribution >= 0.6 is 0 Å². The Hall–Kier alpha value is -1.13. The molecule has 2 rings (SSSR count). The molecule has 100 valence electrons. The van der Waals surface area contributed by atoms with Crippen molar-refractivity contribution >= 4 is 5.82 Å². The lowest BCUT2D eigenvalue weighted by Gasteiger charge is -2.26. The van der Waals surface area contributed by atoms with Crippen molar-refractivity contribution in [3.63, 3.8) is 0 Å². The Labute approximate surface area is 109 Å². The standard InChI is InChI=1S/C14H23N3O/c1-3-16(4-2)13-7-8-17(10-13)14-6-5-12(11-18)9-15-14/h5-6,9,13,18H,3-4,7-8,10-11H2,1-2H3. The first-order valence-electron chi connectivity index (χ1n) is 6.83. The number of likely N-dealkylation sites (N-methyl/N-ethyl adjacent to an activating group) is 1. The third-order valence-corrected chi connectivity index (χ3v) is 3.81. The lowest BCUT2D eigenvalue weighted by atomic mass is 10.2. The molecule has 1 saturated heterocycles. The number of hydrogen-bond donors (Lipinski definition) is 1. The Morgan fingerprint density at radius 1 is 1.39 bits per heavy atom. The van der Waals surface area contributed by atoms with Crippen molar-refractivity contribution in [3.8, 4) is 0 Å². The van der Waals surface area contributed by atoms with Crippen LogP contribution in [0, 0.1) is 0 Å². The zero-order valence-corrected chi connectivity index (χ0v) is 11.3. The van der Waals surface area contributed by atoms with Crippen molar-refractivity contribution in [2.75, 3.05) is 31.1 Å². The molecule has 1 aromatic rings. The van der Waals surface area contributed by atoms with Gasteiger partial charge in [-0.15, -0.1) is 0 Å². The molecular weight excluding hydrogens is 226 g/mol. The van der Waals surface area contributed by atoms with Crippen LogP contribution in [-0.2, 0) is 6.61 Å². The van der Waals surface area contributed by atoms with Gasteiger partial charge in [0.1, 0.15) is 5.82 Å².